The molecule has 4 nitrogen and oxygen atoms in total. The molecule has 0 saturated heterocycles. The van der Waals surface area contributed by atoms with Gasteiger partial charge in [0.05, 0.1) is 0 Å². The summed E-state index contributed by atoms with van der Waals surface area (Å²) < 4.78 is 17.2. The van der Waals surface area contributed by atoms with Crippen LogP contribution in [-0.2, 0) is 14.3 Å². The van der Waals surface area contributed by atoms with Crippen molar-refractivity contribution in [2.75, 3.05) is 7.11 Å². The van der Waals surface area contributed by atoms with Gasteiger partial charge in [0.25, 0.3) is 0 Å². The van der Waals surface area contributed by atoms with Gasteiger partial charge in [-0.3, -0.25) is 0 Å². The third-order valence-electron chi connectivity index (χ3n) is 3.04. The maximum absolute atomic E-state index is 11.8. The Bertz CT molecular complexity index is 336. The molecule has 0 spiro atoms. The Labute approximate surface area is 126 Å². The minimum atomic E-state index is -0.414. The van der Waals surface area contributed by atoms with Gasteiger partial charge in [-0.2, -0.15) is 0 Å². The first-order valence-electron chi connectivity index (χ1n) is 6.60. The fourth-order valence-electron chi connectivity index (χ4n) is 2.15. The van der Waals surface area contributed by atoms with Crippen molar-refractivity contribution in [3.05, 3.63) is 11.6 Å². The topological polar surface area (TPSA) is 61.5 Å². The van der Waals surface area contributed by atoms with Crippen LogP contribution >= 0.6 is 0 Å². The van der Waals surface area contributed by atoms with Gasteiger partial charge in [-0.1, -0.05) is 0 Å². The molecular weight excluding hydrogens is 357 g/mol. The van der Waals surface area contributed by atoms with Crippen LogP contribution in [0.2, 0.25) is 0 Å². The van der Waals surface area contributed by atoms with Gasteiger partial charge in [0.2, 0.25) is 0 Å². The Balaban J connectivity index is 2.55. The zero-order valence-corrected chi connectivity index (χ0v) is 14.4. The third kappa shape index (κ3) is 6.23. The van der Waals surface area contributed by atoms with E-state index in [1.54, 1.807) is 7.11 Å². The maximum atomic E-state index is 11.8. The minimum absolute atomic E-state index is 0.145. The zero-order valence-electron chi connectivity index (χ0n) is 12.2. The van der Waals surface area contributed by atoms with E-state index in [0.717, 1.165) is 24.8 Å². The Morgan fingerprint density at radius 3 is 2.74 bits per heavy atom. The molecule has 1 aliphatic rings. The molecule has 0 heterocycles. The van der Waals surface area contributed by atoms with Gasteiger partial charge in [0.15, 0.2) is 0 Å². The summed E-state index contributed by atoms with van der Waals surface area (Å²) in [6, 6.07) is 0. The molecule has 0 bridgehead atoms. The first-order chi connectivity index (χ1) is 8.85. The summed E-state index contributed by atoms with van der Waals surface area (Å²) in [4.78, 5) is 11.8. The average molecular weight is 382 g/mol. The number of ether oxygens (including phenoxy) is 2. The van der Waals surface area contributed by atoms with E-state index < -0.39 is 5.60 Å². The van der Waals surface area contributed by atoms with E-state index in [9.17, 15) is 4.79 Å². The summed E-state index contributed by atoms with van der Waals surface area (Å²) in [6.45, 7) is 5.67. The molecule has 0 aromatic rings. The number of carbonyl (C=O) groups is 1. The predicted molar refractivity (Wildman–Crippen MR) is 71.2 cm³/mol. The fourth-order valence-corrected chi connectivity index (χ4v) is 3.87. The molecular formula is C14H25INO3-. The van der Waals surface area contributed by atoms with E-state index in [1.807, 2.05) is 20.8 Å². The van der Waals surface area contributed by atoms with Gasteiger partial charge in [0.1, 0.15) is 0 Å². The summed E-state index contributed by atoms with van der Waals surface area (Å²) in [5, 5.41) is 0. The molecule has 0 radical (unpaired) electrons. The average Bonchev–Trinajstić information content (AvgIpc) is 2.48. The van der Waals surface area contributed by atoms with E-state index in [2.05, 4.69) is 6.08 Å². The molecule has 0 aliphatic heterocycles. The van der Waals surface area contributed by atoms with E-state index in [1.165, 1.54) is 0 Å². The second-order valence-corrected chi connectivity index (χ2v) is 8.14. The van der Waals surface area contributed by atoms with Crippen LogP contribution in [0.25, 0.3) is 0 Å². The first kappa shape index (κ1) is 16.9. The fraction of sp³-hybridized carbons (Fsp3) is 0.786. The van der Waals surface area contributed by atoms with Crippen LogP contribution in [0.3, 0.4) is 0 Å². The third-order valence-corrected chi connectivity index (χ3v) is 5.39. The summed E-state index contributed by atoms with van der Waals surface area (Å²) >= 11 is -0.316. The number of alkyl halides is 1. The Morgan fingerprint density at radius 1 is 1.53 bits per heavy atom. The van der Waals surface area contributed by atoms with Crippen molar-refractivity contribution >= 4 is 5.97 Å². The van der Waals surface area contributed by atoms with Gasteiger partial charge < -0.3 is 0 Å². The van der Waals surface area contributed by atoms with Crippen molar-refractivity contribution in [3.63, 3.8) is 0 Å². The molecule has 0 amide bonds. The summed E-state index contributed by atoms with van der Waals surface area (Å²) in [7, 11) is 1.74. The molecule has 1 unspecified atom stereocenters. The Hall–Kier alpha value is -0.140. The molecule has 19 heavy (non-hydrogen) atoms. The van der Waals surface area contributed by atoms with Gasteiger partial charge in [-0.25, -0.2) is 0 Å². The van der Waals surface area contributed by atoms with Gasteiger partial charge in [0, 0.05) is 0 Å². The van der Waals surface area contributed by atoms with Crippen molar-refractivity contribution in [2.24, 2.45) is 3.95 Å². The standard InChI is InChI=1S/C14H25INO3/c1-14(2,3)19-13(17)9-10-5-7-11(15-16)12(18-4)8-6-10/h6,11-12H,5,7-9,16H2,1-4H3/q-1/t11-,12?/m1/s1. The van der Waals surface area contributed by atoms with Crippen LogP contribution in [0.5, 0.6) is 0 Å². The van der Waals surface area contributed by atoms with E-state index >= 15 is 0 Å². The quantitative estimate of drug-likeness (QED) is 0.227. The van der Waals surface area contributed by atoms with Crippen LogP contribution in [0.15, 0.2) is 11.6 Å². The second kappa shape index (κ2) is 7.59. The Morgan fingerprint density at radius 2 is 2.21 bits per heavy atom. The number of rotatable bonds is 4. The molecule has 112 valence electrons. The summed E-state index contributed by atoms with van der Waals surface area (Å²) in [5.41, 5.74) is 0.749. The zero-order chi connectivity index (χ0) is 14.5. The van der Waals surface area contributed by atoms with Crippen LogP contribution in [0.4, 0.5) is 0 Å². The molecule has 1 rings (SSSR count). The van der Waals surface area contributed by atoms with E-state index in [0.29, 0.717) is 10.3 Å². The van der Waals surface area contributed by atoms with Gasteiger partial charge in [-0.15, -0.1) is 0 Å². The number of methoxy groups -OCH3 is 1. The molecule has 0 aromatic carbocycles. The molecule has 0 aromatic heterocycles. The van der Waals surface area contributed by atoms with E-state index in [4.69, 9.17) is 13.4 Å². The number of carbonyl (C=O) groups excluding carboxylic acids is 1. The van der Waals surface area contributed by atoms with Crippen molar-refractivity contribution in [1.82, 2.24) is 0 Å². The first-order valence-corrected chi connectivity index (χ1v) is 9.09. The summed E-state index contributed by atoms with van der Waals surface area (Å²) in [5.74, 6) is -0.145. The Kier molecular flexibility index (Phi) is 6.76. The van der Waals surface area contributed by atoms with Crippen molar-refractivity contribution in [1.29, 1.82) is 0 Å². The molecule has 2 N–H and O–H groups in total. The summed E-state index contributed by atoms with van der Waals surface area (Å²) in [6.07, 6.45) is 5.56. The number of esters is 1. The van der Waals surface area contributed by atoms with Crippen molar-refractivity contribution < 1.29 is 35.7 Å². The molecule has 2 atom stereocenters. The predicted octanol–water partition coefficient (Wildman–Crippen LogP) is -0.825. The van der Waals surface area contributed by atoms with E-state index in [-0.39, 0.29) is 33.6 Å². The van der Waals surface area contributed by atoms with Crippen LogP contribution < -0.4 is 25.4 Å². The SMILES string of the molecule is COC1CC=C(CC(=O)OC(C)(C)C)CC[C@H]1[I-]N. The second-order valence-electron chi connectivity index (χ2n) is 5.82. The number of hydrogen-bond donors (Lipinski definition) is 1. The number of halogens is 1. The van der Waals surface area contributed by atoms with Crippen molar-refractivity contribution in [3.8, 4) is 0 Å². The molecule has 0 fully saturated rings. The van der Waals surface area contributed by atoms with Gasteiger partial charge in [-0.05, 0) is 0 Å². The van der Waals surface area contributed by atoms with Gasteiger partial charge >= 0.3 is 127 Å². The van der Waals surface area contributed by atoms with Crippen LogP contribution in [-0.4, -0.2) is 28.7 Å². The number of hydrogen-bond acceptors (Lipinski definition) is 4. The molecule has 5 heteroatoms. The molecule has 1 aliphatic carbocycles. The number of nitrogens with two attached hydrogens (primary N) is 1. The van der Waals surface area contributed by atoms with Crippen molar-refractivity contribution in [2.45, 2.75) is 62.1 Å². The van der Waals surface area contributed by atoms with Crippen LogP contribution in [0, 0.1) is 0 Å². The monoisotopic (exact) mass is 382 g/mol. The normalized spacial score (nSPS) is 24.8. The van der Waals surface area contributed by atoms with Crippen LogP contribution in [0.1, 0.15) is 46.5 Å². The molecule has 0 saturated carbocycles.